The Morgan fingerprint density at radius 2 is 1.48 bits per heavy atom. The molecule has 0 amide bonds. The summed E-state index contributed by atoms with van der Waals surface area (Å²) in [5.41, 5.74) is 5.05. The zero-order valence-electron chi connectivity index (χ0n) is 14.9. The smallest absolute Gasteiger partial charge is 0.0491 e. The molecule has 2 unspecified atom stereocenters. The number of benzene rings is 2. The SMILES string of the molecule is CN1CC(c2c[nH]c3cc(Br)ccc23)NCC1c1c[nH]c2cc(Br)ccc12. The van der Waals surface area contributed by atoms with Gasteiger partial charge in [0.15, 0.2) is 0 Å². The van der Waals surface area contributed by atoms with Crippen molar-refractivity contribution < 1.29 is 0 Å². The first-order chi connectivity index (χ1) is 13.1. The minimum atomic E-state index is 0.320. The molecule has 2 aromatic carbocycles. The van der Waals surface area contributed by atoms with Gasteiger partial charge in [0.25, 0.3) is 0 Å². The van der Waals surface area contributed by atoms with E-state index in [9.17, 15) is 0 Å². The zero-order valence-corrected chi connectivity index (χ0v) is 18.1. The van der Waals surface area contributed by atoms with Crippen LogP contribution in [0.15, 0.2) is 57.7 Å². The van der Waals surface area contributed by atoms with Gasteiger partial charge in [0, 0.05) is 68.3 Å². The lowest BCUT2D eigenvalue weighted by Crippen LogP contribution is -2.45. The first-order valence-corrected chi connectivity index (χ1v) is 10.7. The Kier molecular flexibility index (Phi) is 4.39. The number of fused-ring (bicyclic) bond motifs is 2. The van der Waals surface area contributed by atoms with Gasteiger partial charge in [0.05, 0.1) is 0 Å². The predicted molar refractivity (Wildman–Crippen MR) is 118 cm³/mol. The molecule has 4 aromatic rings. The number of likely N-dealkylation sites (N-methyl/N-ethyl adjacent to an activating group) is 1. The van der Waals surface area contributed by atoms with Crippen LogP contribution in [0.3, 0.4) is 0 Å². The molecular weight excluding hydrogens is 468 g/mol. The van der Waals surface area contributed by atoms with Crippen LogP contribution in [0.25, 0.3) is 21.8 Å². The second-order valence-electron chi connectivity index (χ2n) is 7.28. The molecule has 2 atom stereocenters. The third-order valence-corrected chi connectivity index (χ3v) is 6.63. The van der Waals surface area contributed by atoms with Gasteiger partial charge in [-0.2, -0.15) is 0 Å². The highest BCUT2D eigenvalue weighted by atomic mass is 79.9. The van der Waals surface area contributed by atoms with Gasteiger partial charge in [-0.1, -0.05) is 44.0 Å². The Morgan fingerprint density at radius 3 is 2.11 bits per heavy atom. The van der Waals surface area contributed by atoms with Gasteiger partial charge < -0.3 is 15.3 Å². The van der Waals surface area contributed by atoms with Gasteiger partial charge in [-0.25, -0.2) is 0 Å². The summed E-state index contributed by atoms with van der Waals surface area (Å²) in [4.78, 5) is 9.29. The van der Waals surface area contributed by atoms with Crippen LogP contribution in [0, 0.1) is 0 Å². The minimum absolute atomic E-state index is 0.320. The van der Waals surface area contributed by atoms with E-state index in [1.54, 1.807) is 0 Å². The van der Waals surface area contributed by atoms with Crippen LogP contribution in [0.2, 0.25) is 0 Å². The summed E-state index contributed by atoms with van der Waals surface area (Å²) in [6, 6.07) is 13.6. The lowest BCUT2D eigenvalue weighted by atomic mass is 9.97. The van der Waals surface area contributed by atoms with Crippen LogP contribution in [-0.2, 0) is 0 Å². The number of nitrogens with one attached hydrogen (secondary N) is 3. The van der Waals surface area contributed by atoms with Crippen molar-refractivity contribution in [3.63, 3.8) is 0 Å². The van der Waals surface area contributed by atoms with Crippen LogP contribution >= 0.6 is 31.9 Å². The highest BCUT2D eigenvalue weighted by molar-refractivity contribution is 9.10. The van der Waals surface area contributed by atoms with E-state index in [4.69, 9.17) is 0 Å². The Balaban J connectivity index is 1.43. The van der Waals surface area contributed by atoms with Crippen LogP contribution in [0.5, 0.6) is 0 Å². The van der Waals surface area contributed by atoms with Crippen LogP contribution in [0.1, 0.15) is 23.2 Å². The number of aromatic amines is 2. The lowest BCUT2D eigenvalue weighted by Gasteiger charge is -2.38. The molecule has 2 aromatic heterocycles. The third kappa shape index (κ3) is 3.05. The summed E-state index contributed by atoms with van der Waals surface area (Å²) in [7, 11) is 2.22. The van der Waals surface area contributed by atoms with Gasteiger partial charge in [-0.15, -0.1) is 0 Å². The van der Waals surface area contributed by atoms with Crippen molar-refractivity contribution >= 4 is 53.7 Å². The van der Waals surface area contributed by atoms with Crippen LogP contribution in [0.4, 0.5) is 0 Å². The van der Waals surface area contributed by atoms with Crippen LogP contribution in [-0.4, -0.2) is 35.0 Å². The maximum atomic E-state index is 3.78. The number of H-pyrrole nitrogens is 2. The second-order valence-corrected chi connectivity index (χ2v) is 9.12. The third-order valence-electron chi connectivity index (χ3n) is 5.65. The summed E-state index contributed by atoms with van der Waals surface area (Å²) in [6.07, 6.45) is 4.30. The maximum Gasteiger partial charge on any atom is 0.0491 e. The Morgan fingerprint density at radius 1 is 0.889 bits per heavy atom. The number of rotatable bonds is 2. The standard InChI is InChI=1S/C21H20Br2N4/c1-27-11-20(16-8-24-18-6-12(22)2-4-14(16)18)26-10-21(27)17-9-25-19-7-13(23)3-5-15(17)19/h2-9,20-21,24-26H,10-11H2,1H3. The quantitative estimate of drug-likeness (QED) is 0.350. The predicted octanol–water partition coefficient (Wildman–Crippen LogP) is 5.49. The van der Waals surface area contributed by atoms with Crippen molar-refractivity contribution in [3.8, 4) is 0 Å². The normalized spacial score (nSPS) is 21.3. The maximum absolute atomic E-state index is 3.78. The average molecular weight is 488 g/mol. The van der Waals surface area contributed by atoms with Crippen molar-refractivity contribution in [1.29, 1.82) is 0 Å². The molecule has 3 N–H and O–H groups in total. The van der Waals surface area contributed by atoms with Crippen molar-refractivity contribution in [1.82, 2.24) is 20.2 Å². The number of nitrogens with zero attached hydrogens (tertiary/aromatic N) is 1. The number of halogens is 2. The van der Waals surface area contributed by atoms with Gasteiger partial charge >= 0.3 is 0 Å². The Labute approximate surface area is 174 Å². The van der Waals surface area contributed by atoms with Gasteiger partial charge in [0.1, 0.15) is 0 Å². The summed E-state index contributed by atoms with van der Waals surface area (Å²) in [6.45, 7) is 1.89. The molecule has 6 heteroatoms. The van der Waals surface area contributed by atoms with E-state index in [0.717, 1.165) is 22.0 Å². The fourth-order valence-corrected chi connectivity index (χ4v) is 4.97. The van der Waals surface area contributed by atoms with Gasteiger partial charge in [0.2, 0.25) is 0 Å². The molecule has 1 saturated heterocycles. The Hall–Kier alpha value is -1.60. The molecule has 4 nitrogen and oxygen atoms in total. The molecule has 1 fully saturated rings. The fourth-order valence-electron chi connectivity index (χ4n) is 4.25. The number of aromatic nitrogens is 2. The number of piperazine rings is 1. The monoisotopic (exact) mass is 486 g/mol. The number of hydrogen-bond acceptors (Lipinski definition) is 2. The van der Waals surface area contributed by atoms with E-state index in [-0.39, 0.29) is 0 Å². The summed E-state index contributed by atoms with van der Waals surface area (Å²) < 4.78 is 2.20. The molecule has 1 aliphatic heterocycles. The van der Waals surface area contributed by atoms with E-state index in [1.165, 1.54) is 32.9 Å². The highest BCUT2D eigenvalue weighted by Gasteiger charge is 2.29. The van der Waals surface area contributed by atoms with Crippen LogP contribution < -0.4 is 5.32 Å². The van der Waals surface area contributed by atoms with Crippen molar-refractivity contribution in [3.05, 3.63) is 68.9 Å². The molecule has 0 spiro atoms. The van der Waals surface area contributed by atoms with E-state index in [2.05, 4.69) is 108 Å². The molecule has 3 heterocycles. The molecule has 0 radical (unpaired) electrons. The molecule has 0 bridgehead atoms. The van der Waals surface area contributed by atoms with Crippen molar-refractivity contribution in [2.45, 2.75) is 12.1 Å². The Bertz CT molecular complexity index is 1130. The summed E-state index contributed by atoms with van der Waals surface area (Å²) in [5.74, 6) is 0. The molecule has 0 aliphatic carbocycles. The molecule has 0 saturated carbocycles. The van der Waals surface area contributed by atoms with E-state index >= 15 is 0 Å². The first-order valence-electron chi connectivity index (χ1n) is 9.07. The molecular formula is C21H20Br2N4. The van der Waals surface area contributed by atoms with E-state index in [1.807, 2.05) is 0 Å². The topological polar surface area (TPSA) is 46.9 Å². The largest absolute Gasteiger partial charge is 0.361 e. The molecule has 138 valence electrons. The lowest BCUT2D eigenvalue weighted by molar-refractivity contribution is 0.166. The van der Waals surface area contributed by atoms with Crippen molar-refractivity contribution in [2.75, 3.05) is 20.1 Å². The highest BCUT2D eigenvalue weighted by Crippen LogP contribution is 2.34. The summed E-state index contributed by atoms with van der Waals surface area (Å²) in [5, 5.41) is 6.37. The van der Waals surface area contributed by atoms with E-state index < -0.39 is 0 Å². The van der Waals surface area contributed by atoms with Gasteiger partial charge in [-0.05, 0) is 42.4 Å². The summed E-state index contributed by atoms with van der Waals surface area (Å²) >= 11 is 7.11. The average Bonchev–Trinajstić information content (AvgIpc) is 3.25. The molecule has 27 heavy (non-hydrogen) atoms. The fraction of sp³-hybridized carbons (Fsp3) is 0.238. The first kappa shape index (κ1) is 17.5. The van der Waals surface area contributed by atoms with E-state index in [0.29, 0.717) is 12.1 Å². The molecule has 5 rings (SSSR count). The number of hydrogen-bond donors (Lipinski definition) is 3. The van der Waals surface area contributed by atoms with Gasteiger partial charge in [-0.3, -0.25) is 4.90 Å². The molecule has 1 aliphatic rings. The minimum Gasteiger partial charge on any atom is -0.361 e. The van der Waals surface area contributed by atoms with Crippen molar-refractivity contribution in [2.24, 2.45) is 0 Å². The zero-order chi connectivity index (χ0) is 18.5. The second kappa shape index (κ2) is 6.78.